The van der Waals surface area contributed by atoms with Crippen molar-refractivity contribution in [2.24, 2.45) is 0 Å². The van der Waals surface area contributed by atoms with E-state index in [1.54, 1.807) is 4.90 Å². The summed E-state index contributed by atoms with van der Waals surface area (Å²) in [6, 6.07) is 18.0. The Balaban J connectivity index is 1.43. The van der Waals surface area contributed by atoms with Crippen molar-refractivity contribution in [3.8, 4) is 0 Å². The van der Waals surface area contributed by atoms with E-state index in [0.29, 0.717) is 23.9 Å². The number of piperidine rings is 1. The fourth-order valence-corrected chi connectivity index (χ4v) is 5.13. The maximum atomic E-state index is 12.8. The summed E-state index contributed by atoms with van der Waals surface area (Å²) >= 11 is 7.53. The van der Waals surface area contributed by atoms with Gasteiger partial charge in [0.15, 0.2) is 5.16 Å². The fraction of sp³-hybridized carbons (Fsp3) is 0.400. The third kappa shape index (κ3) is 6.82. The molecule has 2 heterocycles. The zero-order valence-electron chi connectivity index (χ0n) is 19.0. The lowest BCUT2D eigenvalue weighted by Crippen LogP contribution is -2.30. The zero-order valence-corrected chi connectivity index (χ0v) is 20.6. The molecule has 0 N–H and O–H groups in total. The second-order valence-corrected chi connectivity index (χ2v) is 9.85. The summed E-state index contributed by atoms with van der Waals surface area (Å²) in [5.41, 5.74) is 2.21. The molecule has 0 radical (unpaired) electrons. The Morgan fingerprint density at radius 1 is 1.00 bits per heavy atom. The molecule has 3 aromatic rings. The molecule has 1 fully saturated rings. The Morgan fingerprint density at radius 3 is 2.52 bits per heavy atom. The van der Waals surface area contributed by atoms with Gasteiger partial charge in [0.1, 0.15) is 5.82 Å². The first-order valence-electron chi connectivity index (χ1n) is 11.4. The van der Waals surface area contributed by atoms with E-state index >= 15 is 0 Å². The summed E-state index contributed by atoms with van der Waals surface area (Å²) in [4.78, 5) is 17.0. The lowest BCUT2D eigenvalue weighted by Gasteiger charge is -2.26. The molecule has 0 bridgehead atoms. The Bertz CT molecular complexity index is 1050. The first-order chi connectivity index (χ1) is 16.1. The molecule has 1 aromatic heterocycles. The number of hydrogen-bond acceptors (Lipinski definition) is 5. The minimum absolute atomic E-state index is 0.0480. The van der Waals surface area contributed by atoms with Gasteiger partial charge < -0.3 is 9.47 Å². The van der Waals surface area contributed by atoms with Crippen molar-refractivity contribution in [1.82, 2.24) is 24.6 Å². The molecule has 2 aromatic carbocycles. The van der Waals surface area contributed by atoms with E-state index in [0.717, 1.165) is 36.2 Å². The Morgan fingerprint density at radius 2 is 1.76 bits per heavy atom. The molecule has 6 nitrogen and oxygen atoms in total. The van der Waals surface area contributed by atoms with Crippen molar-refractivity contribution in [2.45, 2.75) is 44.1 Å². The van der Waals surface area contributed by atoms with Crippen LogP contribution in [0.1, 0.15) is 36.2 Å². The fourth-order valence-electron chi connectivity index (χ4n) is 4.02. The molecule has 0 spiro atoms. The molecular formula is C25H30ClN5OS. The van der Waals surface area contributed by atoms with Gasteiger partial charge in [-0.15, -0.1) is 10.2 Å². The van der Waals surface area contributed by atoms with Gasteiger partial charge in [-0.1, -0.05) is 72.2 Å². The SMILES string of the molecule is CN(Cc1cccc(Cl)c1)C(=O)CSc1nnc(CN2CCCCC2)n1Cc1ccccc1. The number of likely N-dealkylation sites (tertiary alicyclic amines) is 1. The highest BCUT2D eigenvalue weighted by Gasteiger charge is 2.19. The quantitative estimate of drug-likeness (QED) is 0.412. The van der Waals surface area contributed by atoms with Crippen LogP contribution in [0.15, 0.2) is 59.8 Å². The summed E-state index contributed by atoms with van der Waals surface area (Å²) < 4.78 is 2.17. The van der Waals surface area contributed by atoms with Crippen LogP contribution >= 0.6 is 23.4 Å². The number of halogens is 1. The molecule has 0 aliphatic carbocycles. The maximum absolute atomic E-state index is 12.8. The molecule has 4 rings (SSSR count). The minimum Gasteiger partial charge on any atom is -0.341 e. The van der Waals surface area contributed by atoms with Crippen molar-refractivity contribution in [1.29, 1.82) is 0 Å². The number of benzene rings is 2. The maximum Gasteiger partial charge on any atom is 0.233 e. The largest absolute Gasteiger partial charge is 0.341 e. The van der Waals surface area contributed by atoms with Crippen LogP contribution in [0.25, 0.3) is 0 Å². The van der Waals surface area contributed by atoms with Crippen molar-refractivity contribution in [3.63, 3.8) is 0 Å². The van der Waals surface area contributed by atoms with E-state index in [9.17, 15) is 4.79 Å². The van der Waals surface area contributed by atoms with E-state index in [1.165, 1.54) is 36.6 Å². The molecular weight excluding hydrogens is 454 g/mol. The predicted octanol–water partition coefficient (Wildman–Crippen LogP) is 4.72. The van der Waals surface area contributed by atoms with Gasteiger partial charge in [0, 0.05) is 18.6 Å². The van der Waals surface area contributed by atoms with Crippen molar-refractivity contribution in [2.75, 3.05) is 25.9 Å². The van der Waals surface area contributed by atoms with Crippen LogP contribution in [0.2, 0.25) is 5.02 Å². The minimum atomic E-state index is 0.0480. The van der Waals surface area contributed by atoms with E-state index in [4.69, 9.17) is 11.6 Å². The summed E-state index contributed by atoms with van der Waals surface area (Å²) in [5.74, 6) is 1.32. The molecule has 33 heavy (non-hydrogen) atoms. The number of rotatable bonds is 9. The monoisotopic (exact) mass is 483 g/mol. The molecule has 8 heteroatoms. The van der Waals surface area contributed by atoms with Crippen LogP contribution in [0.5, 0.6) is 0 Å². The smallest absolute Gasteiger partial charge is 0.233 e. The zero-order chi connectivity index (χ0) is 23.0. The number of thioether (sulfide) groups is 1. The van der Waals surface area contributed by atoms with Crippen LogP contribution in [-0.2, 0) is 24.4 Å². The van der Waals surface area contributed by atoms with E-state index in [-0.39, 0.29) is 5.91 Å². The number of nitrogens with zero attached hydrogens (tertiary/aromatic N) is 5. The van der Waals surface area contributed by atoms with Crippen molar-refractivity contribution < 1.29 is 4.79 Å². The lowest BCUT2D eigenvalue weighted by atomic mass is 10.1. The van der Waals surface area contributed by atoms with Crippen LogP contribution < -0.4 is 0 Å². The Labute approximate surface area is 204 Å². The molecule has 1 amide bonds. The summed E-state index contributed by atoms with van der Waals surface area (Å²) in [7, 11) is 1.82. The summed E-state index contributed by atoms with van der Waals surface area (Å²) in [5, 5.41) is 10.4. The third-order valence-corrected chi connectivity index (χ3v) is 7.04. The third-order valence-electron chi connectivity index (χ3n) is 5.85. The highest BCUT2D eigenvalue weighted by atomic mass is 35.5. The van der Waals surface area contributed by atoms with E-state index in [1.807, 2.05) is 49.5 Å². The van der Waals surface area contributed by atoms with E-state index in [2.05, 4.69) is 31.8 Å². The van der Waals surface area contributed by atoms with Gasteiger partial charge in [-0.05, 0) is 49.2 Å². The van der Waals surface area contributed by atoms with Gasteiger partial charge in [0.25, 0.3) is 0 Å². The average Bonchev–Trinajstić information content (AvgIpc) is 3.19. The van der Waals surface area contributed by atoms with Gasteiger partial charge in [-0.25, -0.2) is 0 Å². The number of carbonyl (C=O) groups excluding carboxylic acids is 1. The van der Waals surface area contributed by atoms with Crippen LogP contribution in [0.3, 0.4) is 0 Å². The average molecular weight is 484 g/mol. The van der Waals surface area contributed by atoms with Crippen molar-refractivity contribution in [3.05, 3.63) is 76.6 Å². The topological polar surface area (TPSA) is 54.3 Å². The molecule has 1 aliphatic rings. The van der Waals surface area contributed by atoms with Crippen LogP contribution in [-0.4, -0.2) is 56.4 Å². The standard InChI is InChI=1S/C25H30ClN5OS/c1-29(16-21-11-8-12-22(26)15-21)24(32)19-33-25-28-27-23(18-30-13-6-3-7-14-30)31(25)17-20-9-4-2-5-10-20/h2,4-5,8-12,15H,3,6-7,13-14,16-19H2,1H3. The highest BCUT2D eigenvalue weighted by molar-refractivity contribution is 7.99. The van der Waals surface area contributed by atoms with Gasteiger partial charge in [-0.3, -0.25) is 9.69 Å². The Kier molecular flexibility index (Phi) is 8.42. The number of hydrogen-bond donors (Lipinski definition) is 0. The van der Waals surface area contributed by atoms with Gasteiger partial charge in [-0.2, -0.15) is 0 Å². The molecule has 1 saturated heterocycles. The second kappa shape index (κ2) is 11.7. The summed E-state index contributed by atoms with van der Waals surface area (Å²) in [6.07, 6.45) is 3.78. The van der Waals surface area contributed by atoms with Crippen LogP contribution in [0, 0.1) is 0 Å². The van der Waals surface area contributed by atoms with Gasteiger partial charge in [0.2, 0.25) is 5.91 Å². The van der Waals surface area contributed by atoms with E-state index < -0.39 is 0 Å². The Hall–Kier alpha value is -2.35. The normalized spacial score (nSPS) is 14.4. The molecule has 0 atom stereocenters. The van der Waals surface area contributed by atoms with Gasteiger partial charge in [0.05, 0.1) is 18.8 Å². The van der Waals surface area contributed by atoms with Crippen LogP contribution in [0.4, 0.5) is 0 Å². The molecule has 174 valence electrons. The number of amides is 1. The molecule has 0 saturated carbocycles. The van der Waals surface area contributed by atoms with Crippen molar-refractivity contribution >= 4 is 29.3 Å². The second-order valence-electron chi connectivity index (χ2n) is 8.48. The first-order valence-corrected chi connectivity index (χ1v) is 12.7. The van der Waals surface area contributed by atoms with Gasteiger partial charge >= 0.3 is 0 Å². The lowest BCUT2D eigenvalue weighted by molar-refractivity contribution is -0.127. The highest BCUT2D eigenvalue weighted by Crippen LogP contribution is 2.22. The summed E-state index contributed by atoms with van der Waals surface area (Å²) in [6.45, 7) is 4.23. The molecule has 0 unspecified atom stereocenters. The number of carbonyl (C=O) groups is 1. The molecule has 1 aliphatic heterocycles. The number of aromatic nitrogens is 3. The first kappa shape index (κ1) is 23.8. The predicted molar refractivity (Wildman–Crippen MR) is 133 cm³/mol.